The van der Waals surface area contributed by atoms with Crippen molar-refractivity contribution in [1.82, 2.24) is 0 Å². The van der Waals surface area contributed by atoms with Crippen molar-refractivity contribution in [3.63, 3.8) is 0 Å². The number of benzene rings is 1. The van der Waals surface area contributed by atoms with Crippen LogP contribution in [0.3, 0.4) is 0 Å². The fourth-order valence-corrected chi connectivity index (χ4v) is 2.18. The van der Waals surface area contributed by atoms with E-state index in [1.54, 1.807) is 6.07 Å². The van der Waals surface area contributed by atoms with Gasteiger partial charge < -0.3 is 10.4 Å². The maximum atomic E-state index is 12.0. The third kappa shape index (κ3) is 2.31. The zero-order chi connectivity index (χ0) is 12.5. The summed E-state index contributed by atoms with van der Waals surface area (Å²) in [5, 5.41) is 12.8. The highest BCUT2D eigenvalue weighted by Gasteiger charge is 2.43. The normalized spacial score (nSPS) is 17.4. The summed E-state index contributed by atoms with van der Waals surface area (Å²) < 4.78 is 0. The van der Waals surface area contributed by atoms with Crippen LogP contribution in [0.1, 0.15) is 24.8 Å². The van der Waals surface area contributed by atoms with Gasteiger partial charge in [-0.05, 0) is 37.5 Å². The van der Waals surface area contributed by atoms with Crippen molar-refractivity contribution in [3.8, 4) is 0 Å². The highest BCUT2D eigenvalue weighted by molar-refractivity contribution is 6.31. The second-order valence-corrected chi connectivity index (χ2v) is 5.12. The van der Waals surface area contributed by atoms with Crippen LogP contribution in [-0.2, 0) is 4.79 Å². The lowest BCUT2D eigenvalue weighted by Crippen LogP contribution is -2.44. The van der Waals surface area contributed by atoms with E-state index in [1.807, 2.05) is 19.1 Å². The molecule has 0 bridgehead atoms. The SMILES string of the molecule is Cc1ccc(NC(=O)C2(CO)CCC2)cc1Cl. The summed E-state index contributed by atoms with van der Waals surface area (Å²) in [6, 6.07) is 5.42. The Bertz CT molecular complexity index is 436. The molecule has 1 saturated carbocycles. The van der Waals surface area contributed by atoms with Gasteiger partial charge in [0, 0.05) is 10.7 Å². The average Bonchev–Trinajstić information content (AvgIpc) is 2.23. The third-order valence-corrected chi connectivity index (χ3v) is 3.93. The van der Waals surface area contributed by atoms with Gasteiger partial charge in [-0.25, -0.2) is 0 Å². The van der Waals surface area contributed by atoms with Crippen LogP contribution >= 0.6 is 11.6 Å². The molecule has 0 spiro atoms. The fourth-order valence-electron chi connectivity index (χ4n) is 1.99. The van der Waals surface area contributed by atoms with Crippen LogP contribution in [0.25, 0.3) is 0 Å². The standard InChI is InChI=1S/C13H16ClNO2/c1-9-3-4-10(7-11(9)14)15-12(17)13(8-16)5-2-6-13/h3-4,7,16H,2,5-6,8H2,1H3,(H,15,17). The minimum absolute atomic E-state index is 0.0849. The fraction of sp³-hybridized carbons (Fsp3) is 0.462. The number of hydrogen-bond acceptors (Lipinski definition) is 2. The molecule has 1 aliphatic rings. The lowest BCUT2D eigenvalue weighted by molar-refractivity contribution is -0.133. The Morgan fingerprint density at radius 2 is 2.24 bits per heavy atom. The van der Waals surface area contributed by atoms with Gasteiger partial charge in [0.25, 0.3) is 0 Å². The highest BCUT2D eigenvalue weighted by Crippen LogP contribution is 2.41. The molecule has 0 saturated heterocycles. The molecule has 0 radical (unpaired) electrons. The smallest absolute Gasteiger partial charge is 0.232 e. The Kier molecular flexibility index (Phi) is 3.40. The van der Waals surface area contributed by atoms with Gasteiger partial charge in [-0.15, -0.1) is 0 Å². The van der Waals surface area contributed by atoms with E-state index in [0.29, 0.717) is 10.7 Å². The molecule has 4 heteroatoms. The van der Waals surface area contributed by atoms with E-state index in [1.165, 1.54) is 0 Å². The summed E-state index contributed by atoms with van der Waals surface area (Å²) in [5.74, 6) is -0.105. The molecule has 0 aliphatic heterocycles. The minimum atomic E-state index is -0.572. The first-order valence-electron chi connectivity index (χ1n) is 5.76. The molecule has 0 heterocycles. The Balaban J connectivity index is 2.10. The van der Waals surface area contributed by atoms with Gasteiger partial charge >= 0.3 is 0 Å². The highest BCUT2D eigenvalue weighted by atomic mass is 35.5. The van der Waals surface area contributed by atoms with E-state index in [9.17, 15) is 9.90 Å². The van der Waals surface area contributed by atoms with Crippen molar-refractivity contribution in [3.05, 3.63) is 28.8 Å². The van der Waals surface area contributed by atoms with Crippen molar-refractivity contribution in [2.24, 2.45) is 5.41 Å². The van der Waals surface area contributed by atoms with E-state index in [2.05, 4.69) is 5.32 Å². The molecule has 3 nitrogen and oxygen atoms in total. The zero-order valence-electron chi connectivity index (χ0n) is 9.79. The van der Waals surface area contributed by atoms with Crippen molar-refractivity contribution in [1.29, 1.82) is 0 Å². The Labute approximate surface area is 106 Å². The van der Waals surface area contributed by atoms with Gasteiger partial charge in [0.1, 0.15) is 0 Å². The Morgan fingerprint density at radius 1 is 1.53 bits per heavy atom. The van der Waals surface area contributed by atoms with Gasteiger partial charge in [-0.2, -0.15) is 0 Å². The van der Waals surface area contributed by atoms with Crippen LogP contribution < -0.4 is 5.32 Å². The van der Waals surface area contributed by atoms with Crippen molar-refractivity contribution in [2.45, 2.75) is 26.2 Å². The van der Waals surface area contributed by atoms with Gasteiger partial charge in [-0.1, -0.05) is 24.1 Å². The predicted molar refractivity (Wildman–Crippen MR) is 68.2 cm³/mol. The number of aryl methyl sites for hydroxylation is 1. The molecule has 1 amide bonds. The van der Waals surface area contributed by atoms with Gasteiger partial charge in [0.2, 0.25) is 5.91 Å². The summed E-state index contributed by atoms with van der Waals surface area (Å²) in [6.07, 6.45) is 2.52. The lowest BCUT2D eigenvalue weighted by Gasteiger charge is -2.38. The first kappa shape index (κ1) is 12.4. The molecule has 2 N–H and O–H groups in total. The van der Waals surface area contributed by atoms with Gasteiger partial charge in [0.05, 0.1) is 12.0 Å². The topological polar surface area (TPSA) is 49.3 Å². The number of carbonyl (C=O) groups is 1. The molecule has 1 aromatic rings. The molecular weight excluding hydrogens is 238 g/mol. The van der Waals surface area contributed by atoms with Gasteiger partial charge in [0.15, 0.2) is 0 Å². The monoisotopic (exact) mass is 253 g/mol. The van der Waals surface area contributed by atoms with Crippen LogP contribution in [0.2, 0.25) is 5.02 Å². The maximum Gasteiger partial charge on any atom is 0.232 e. The number of aliphatic hydroxyl groups excluding tert-OH is 1. The quantitative estimate of drug-likeness (QED) is 0.870. The molecule has 1 aliphatic carbocycles. The molecule has 0 unspecified atom stereocenters. The molecule has 0 aromatic heterocycles. The number of halogens is 1. The molecule has 92 valence electrons. The molecule has 2 rings (SSSR count). The van der Waals surface area contributed by atoms with E-state index in [4.69, 9.17) is 11.6 Å². The average molecular weight is 254 g/mol. The summed E-state index contributed by atoms with van der Waals surface area (Å²) in [4.78, 5) is 12.0. The maximum absolute atomic E-state index is 12.0. The lowest BCUT2D eigenvalue weighted by atomic mass is 9.68. The van der Waals surface area contributed by atoms with Crippen LogP contribution in [0.4, 0.5) is 5.69 Å². The largest absolute Gasteiger partial charge is 0.395 e. The van der Waals surface area contributed by atoms with Gasteiger partial charge in [-0.3, -0.25) is 4.79 Å². The van der Waals surface area contributed by atoms with Crippen LogP contribution in [0.15, 0.2) is 18.2 Å². The number of nitrogens with one attached hydrogen (secondary N) is 1. The van der Waals surface area contributed by atoms with Crippen molar-refractivity contribution < 1.29 is 9.90 Å². The summed E-state index contributed by atoms with van der Waals surface area (Å²) in [7, 11) is 0. The first-order chi connectivity index (χ1) is 8.07. The second kappa shape index (κ2) is 4.67. The number of amides is 1. The van der Waals surface area contributed by atoms with Crippen LogP contribution in [0, 0.1) is 12.3 Å². The summed E-state index contributed by atoms with van der Waals surface area (Å²) >= 11 is 5.99. The van der Waals surface area contributed by atoms with E-state index < -0.39 is 5.41 Å². The number of rotatable bonds is 3. The minimum Gasteiger partial charge on any atom is -0.395 e. The number of aliphatic hydroxyl groups is 1. The summed E-state index contributed by atoms with van der Waals surface area (Å²) in [5.41, 5.74) is 1.09. The number of hydrogen-bond donors (Lipinski definition) is 2. The Morgan fingerprint density at radius 3 is 2.71 bits per heavy atom. The molecule has 0 atom stereocenters. The summed E-state index contributed by atoms with van der Waals surface area (Å²) in [6.45, 7) is 1.83. The Hall–Kier alpha value is -1.06. The van der Waals surface area contributed by atoms with Crippen LogP contribution in [-0.4, -0.2) is 17.6 Å². The van der Waals surface area contributed by atoms with Crippen LogP contribution in [0.5, 0.6) is 0 Å². The van der Waals surface area contributed by atoms with E-state index >= 15 is 0 Å². The first-order valence-corrected chi connectivity index (χ1v) is 6.14. The van der Waals surface area contributed by atoms with E-state index in [-0.39, 0.29) is 12.5 Å². The third-order valence-electron chi connectivity index (χ3n) is 3.52. The number of anilines is 1. The zero-order valence-corrected chi connectivity index (χ0v) is 10.5. The molecule has 17 heavy (non-hydrogen) atoms. The van der Waals surface area contributed by atoms with Crippen molar-refractivity contribution >= 4 is 23.2 Å². The molecular formula is C13H16ClNO2. The second-order valence-electron chi connectivity index (χ2n) is 4.71. The van der Waals surface area contributed by atoms with Crippen molar-refractivity contribution in [2.75, 3.05) is 11.9 Å². The predicted octanol–water partition coefficient (Wildman–Crippen LogP) is 2.75. The molecule has 1 fully saturated rings. The molecule has 1 aromatic carbocycles. The van der Waals surface area contributed by atoms with E-state index in [0.717, 1.165) is 24.8 Å². The number of carbonyl (C=O) groups excluding carboxylic acids is 1.